The monoisotopic (exact) mass is 347 g/mol. The minimum absolute atomic E-state index is 0.0153. The molecule has 6 heteroatoms. The number of methoxy groups -OCH3 is 1. The number of nitrogens with one attached hydrogen (secondary N) is 1. The molecule has 1 N–H and O–H groups in total. The van der Waals surface area contributed by atoms with Crippen molar-refractivity contribution in [3.8, 4) is 5.75 Å². The van der Waals surface area contributed by atoms with E-state index in [0.29, 0.717) is 37.5 Å². The zero-order valence-corrected chi connectivity index (χ0v) is 15.7. The van der Waals surface area contributed by atoms with Crippen LogP contribution in [0.25, 0.3) is 0 Å². The Balaban J connectivity index is 1.95. The van der Waals surface area contributed by atoms with Gasteiger partial charge in [0.15, 0.2) is 0 Å². The highest BCUT2D eigenvalue weighted by Crippen LogP contribution is 2.20. The largest absolute Gasteiger partial charge is 0.496 e. The van der Waals surface area contributed by atoms with Crippen LogP contribution in [0.2, 0.25) is 0 Å². The Kier molecular flexibility index (Phi) is 6.42. The van der Waals surface area contributed by atoms with Crippen LogP contribution < -0.4 is 10.1 Å². The second kappa shape index (κ2) is 8.34. The quantitative estimate of drug-likeness (QED) is 0.901. The topological polar surface area (TPSA) is 61.9 Å². The first-order valence-electron chi connectivity index (χ1n) is 8.76. The van der Waals surface area contributed by atoms with Crippen LogP contribution in [-0.4, -0.2) is 67.0 Å². The average Bonchev–Trinajstić information content (AvgIpc) is 2.78. The second-order valence-electron chi connectivity index (χ2n) is 7.42. The van der Waals surface area contributed by atoms with E-state index < -0.39 is 0 Å². The molecule has 1 heterocycles. The zero-order valence-electron chi connectivity index (χ0n) is 15.7. The summed E-state index contributed by atoms with van der Waals surface area (Å²) in [5, 5.41) is 2.98. The summed E-state index contributed by atoms with van der Waals surface area (Å²) in [6.07, 6.45) is 0.851. The predicted octanol–water partition coefficient (Wildman–Crippen LogP) is 1.76. The highest BCUT2D eigenvalue weighted by molar-refractivity contribution is 5.97. The highest BCUT2D eigenvalue weighted by Gasteiger charge is 2.24. The van der Waals surface area contributed by atoms with Gasteiger partial charge in [-0.3, -0.25) is 14.5 Å². The third-order valence-electron chi connectivity index (χ3n) is 4.09. The van der Waals surface area contributed by atoms with E-state index in [-0.39, 0.29) is 17.4 Å². The van der Waals surface area contributed by atoms with Gasteiger partial charge in [-0.05, 0) is 39.3 Å². The van der Waals surface area contributed by atoms with Gasteiger partial charge in [0.2, 0.25) is 5.91 Å². The molecule has 0 atom stereocenters. The molecule has 1 fully saturated rings. The molecule has 0 bridgehead atoms. The minimum atomic E-state index is -0.227. The standard InChI is InChI=1S/C19H29N3O3/c1-19(2,3)20-17(23)14-21-10-7-11-22(13-12-21)18(24)15-8-5-6-9-16(15)25-4/h5-6,8-9H,7,10-14H2,1-4H3,(H,20,23). The molecule has 25 heavy (non-hydrogen) atoms. The van der Waals surface area contributed by atoms with Gasteiger partial charge in [-0.2, -0.15) is 0 Å². The summed E-state index contributed by atoms with van der Waals surface area (Å²) in [4.78, 5) is 28.9. The van der Waals surface area contributed by atoms with Crippen LogP contribution in [0.1, 0.15) is 37.6 Å². The van der Waals surface area contributed by atoms with Crippen molar-refractivity contribution >= 4 is 11.8 Å². The van der Waals surface area contributed by atoms with E-state index in [1.165, 1.54) is 0 Å². The van der Waals surface area contributed by atoms with Crippen molar-refractivity contribution in [1.29, 1.82) is 0 Å². The number of hydrogen-bond donors (Lipinski definition) is 1. The van der Waals surface area contributed by atoms with Crippen LogP contribution in [-0.2, 0) is 4.79 Å². The van der Waals surface area contributed by atoms with E-state index in [4.69, 9.17) is 4.74 Å². The van der Waals surface area contributed by atoms with Gasteiger partial charge in [-0.1, -0.05) is 12.1 Å². The lowest BCUT2D eigenvalue weighted by Gasteiger charge is -2.25. The van der Waals surface area contributed by atoms with Crippen LogP contribution in [0.5, 0.6) is 5.75 Å². The molecular formula is C19H29N3O3. The molecule has 1 aromatic carbocycles. The molecule has 6 nitrogen and oxygen atoms in total. The molecule has 138 valence electrons. The third-order valence-corrected chi connectivity index (χ3v) is 4.09. The molecule has 0 radical (unpaired) electrons. The molecule has 0 saturated carbocycles. The highest BCUT2D eigenvalue weighted by atomic mass is 16.5. The lowest BCUT2D eigenvalue weighted by atomic mass is 10.1. The van der Waals surface area contributed by atoms with Crippen molar-refractivity contribution in [2.45, 2.75) is 32.7 Å². The number of para-hydroxylation sites is 1. The third kappa shape index (κ3) is 5.74. The normalized spacial score (nSPS) is 16.2. The Hall–Kier alpha value is -2.08. The Morgan fingerprint density at radius 2 is 1.84 bits per heavy atom. The molecule has 0 aromatic heterocycles. The maximum absolute atomic E-state index is 12.8. The molecule has 2 amide bonds. The Morgan fingerprint density at radius 3 is 2.52 bits per heavy atom. The fourth-order valence-corrected chi connectivity index (χ4v) is 2.98. The van der Waals surface area contributed by atoms with Crippen LogP contribution in [0.4, 0.5) is 0 Å². The summed E-state index contributed by atoms with van der Waals surface area (Å²) in [7, 11) is 1.57. The summed E-state index contributed by atoms with van der Waals surface area (Å²) >= 11 is 0. The van der Waals surface area contributed by atoms with Gasteiger partial charge < -0.3 is 15.0 Å². The molecule has 0 aliphatic carbocycles. The molecule has 0 unspecified atom stereocenters. The number of ether oxygens (including phenoxy) is 1. The van der Waals surface area contributed by atoms with Crippen LogP contribution in [0, 0.1) is 0 Å². The van der Waals surface area contributed by atoms with E-state index in [0.717, 1.165) is 13.0 Å². The van der Waals surface area contributed by atoms with Gasteiger partial charge in [-0.15, -0.1) is 0 Å². The number of carbonyl (C=O) groups excluding carboxylic acids is 2. The first-order valence-corrected chi connectivity index (χ1v) is 8.76. The number of rotatable bonds is 4. The van der Waals surface area contributed by atoms with Crippen molar-refractivity contribution in [2.75, 3.05) is 39.8 Å². The molecule has 0 spiro atoms. The van der Waals surface area contributed by atoms with E-state index in [2.05, 4.69) is 10.2 Å². The average molecular weight is 347 g/mol. The Morgan fingerprint density at radius 1 is 1.12 bits per heavy atom. The SMILES string of the molecule is COc1ccccc1C(=O)N1CCCN(CC(=O)NC(C)(C)C)CC1. The first kappa shape index (κ1) is 19.2. The van der Waals surface area contributed by atoms with Crippen molar-refractivity contribution in [3.05, 3.63) is 29.8 Å². The van der Waals surface area contributed by atoms with Gasteiger partial charge in [0, 0.05) is 31.7 Å². The number of nitrogens with zero attached hydrogens (tertiary/aromatic N) is 2. The van der Waals surface area contributed by atoms with Crippen molar-refractivity contribution < 1.29 is 14.3 Å². The maximum Gasteiger partial charge on any atom is 0.257 e. The fraction of sp³-hybridized carbons (Fsp3) is 0.579. The van der Waals surface area contributed by atoms with Crippen molar-refractivity contribution in [3.63, 3.8) is 0 Å². The number of hydrogen-bond acceptors (Lipinski definition) is 4. The van der Waals surface area contributed by atoms with Crippen molar-refractivity contribution in [1.82, 2.24) is 15.1 Å². The first-order chi connectivity index (χ1) is 11.8. The van der Waals surface area contributed by atoms with Gasteiger partial charge in [0.05, 0.1) is 19.2 Å². The van der Waals surface area contributed by atoms with Crippen LogP contribution in [0.3, 0.4) is 0 Å². The van der Waals surface area contributed by atoms with Gasteiger partial charge in [0.1, 0.15) is 5.75 Å². The minimum Gasteiger partial charge on any atom is -0.496 e. The Bertz CT molecular complexity index is 610. The van der Waals surface area contributed by atoms with Crippen LogP contribution >= 0.6 is 0 Å². The maximum atomic E-state index is 12.8. The lowest BCUT2D eigenvalue weighted by Crippen LogP contribution is -2.46. The number of benzene rings is 1. The van der Waals surface area contributed by atoms with E-state index in [1.54, 1.807) is 19.2 Å². The molecule has 2 rings (SSSR count). The van der Waals surface area contributed by atoms with E-state index in [1.807, 2.05) is 37.8 Å². The smallest absolute Gasteiger partial charge is 0.257 e. The second-order valence-corrected chi connectivity index (χ2v) is 7.42. The number of carbonyl (C=O) groups is 2. The summed E-state index contributed by atoms with van der Waals surface area (Å²) < 4.78 is 5.30. The summed E-state index contributed by atoms with van der Waals surface area (Å²) in [6.45, 7) is 9.09. The predicted molar refractivity (Wildman–Crippen MR) is 97.9 cm³/mol. The summed E-state index contributed by atoms with van der Waals surface area (Å²) in [6, 6.07) is 7.29. The van der Waals surface area contributed by atoms with Gasteiger partial charge >= 0.3 is 0 Å². The molecule has 1 aromatic rings. The van der Waals surface area contributed by atoms with E-state index >= 15 is 0 Å². The number of amides is 2. The van der Waals surface area contributed by atoms with Crippen LogP contribution in [0.15, 0.2) is 24.3 Å². The molecular weight excluding hydrogens is 318 g/mol. The van der Waals surface area contributed by atoms with Crippen molar-refractivity contribution in [2.24, 2.45) is 0 Å². The summed E-state index contributed by atoms with van der Waals surface area (Å²) in [5.74, 6) is 0.605. The van der Waals surface area contributed by atoms with Gasteiger partial charge in [-0.25, -0.2) is 0 Å². The van der Waals surface area contributed by atoms with Gasteiger partial charge in [0.25, 0.3) is 5.91 Å². The fourth-order valence-electron chi connectivity index (χ4n) is 2.98. The van der Waals surface area contributed by atoms with E-state index in [9.17, 15) is 9.59 Å². The molecule has 1 aliphatic heterocycles. The summed E-state index contributed by atoms with van der Waals surface area (Å²) in [5.41, 5.74) is 0.360. The zero-order chi connectivity index (χ0) is 18.4. The molecule has 1 saturated heterocycles. The molecule has 1 aliphatic rings. The Labute approximate surface area is 150 Å². The lowest BCUT2D eigenvalue weighted by molar-refractivity contribution is -0.123.